The molecule has 0 spiro atoms. The number of aromatic amines is 1. The van der Waals surface area contributed by atoms with Crippen molar-refractivity contribution < 1.29 is 14.6 Å². The van der Waals surface area contributed by atoms with Crippen molar-refractivity contribution in [2.24, 2.45) is 0 Å². The van der Waals surface area contributed by atoms with Crippen molar-refractivity contribution in [1.29, 1.82) is 0 Å². The van der Waals surface area contributed by atoms with Crippen LogP contribution in [0.1, 0.15) is 24.1 Å². The zero-order valence-corrected chi connectivity index (χ0v) is 13.6. The second-order valence-electron chi connectivity index (χ2n) is 6.33. The summed E-state index contributed by atoms with van der Waals surface area (Å²) in [6.45, 7) is 1.87. The summed E-state index contributed by atoms with van der Waals surface area (Å²) < 4.78 is 5.33. The quantitative estimate of drug-likeness (QED) is 0.842. The van der Waals surface area contributed by atoms with Crippen LogP contribution >= 0.6 is 0 Å². The average molecular weight is 329 g/mol. The van der Waals surface area contributed by atoms with E-state index in [2.05, 4.69) is 10.2 Å². The summed E-state index contributed by atoms with van der Waals surface area (Å²) in [5.41, 5.74) is 0.944. The zero-order valence-electron chi connectivity index (χ0n) is 13.6. The van der Waals surface area contributed by atoms with E-state index in [0.717, 1.165) is 11.3 Å². The number of nitrogens with zero attached hydrogens (tertiary/aromatic N) is 2. The predicted octanol–water partition coefficient (Wildman–Crippen LogP) is 1.52. The first-order valence-electron chi connectivity index (χ1n) is 8.25. The highest BCUT2D eigenvalue weighted by Gasteiger charge is 2.33. The highest BCUT2D eigenvalue weighted by molar-refractivity contribution is 5.78. The van der Waals surface area contributed by atoms with Gasteiger partial charge in [-0.15, -0.1) is 0 Å². The molecule has 1 saturated heterocycles. The lowest BCUT2D eigenvalue weighted by Crippen LogP contribution is -2.48. The second-order valence-corrected chi connectivity index (χ2v) is 6.33. The van der Waals surface area contributed by atoms with E-state index in [1.165, 1.54) is 0 Å². The molecule has 1 aromatic heterocycles. The van der Waals surface area contributed by atoms with Crippen molar-refractivity contribution in [2.45, 2.75) is 31.4 Å². The van der Waals surface area contributed by atoms with E-state index < -0.39 is 5.60 Å². The molecule has 0 saturated carbocycles. The summed E-state index contributed by atoms with van der Waals surface area (Å²) in [5, 5.41) is 17.5. The third kappa shape index (κ3) is 4.43. The fraction of sp³-hybridized carbons (Fsp3) is 0.444. The number of rotatable bonds is 6. The molecule has 6 nitrogen and oxygen atoms in total. The molecule has 24 heavy (non-hydrogen) atoms. The van der Waals surface area contributed by atoms with Crippen molar-refractivity contribution in [3.8, 4) is 0 Å². The molecule has 1 aliphatic heterocycles. The van der Waals surface area contributed by atoms with Gasteiger partial charge in [-0.25, -0.2) is 0 Å². The van der Waals surface area contributed by atoms with Gasteiger partial charge in [-0.1, -0.05) is 30.3 Å². The van der Waals surface area contributed by atoms with E-state index in [9.17, 15) is 9.90 Å². The minimum atomic E-state index is -0.878. The molecule has 0 aliphatic carbocycles. The van der Waals surface area contributed by atoms with Crippen LogP contribution in [-0.2, 0) is 22.5 Å². The topological polar surface area (TPSA) is 78.5 Å². The maximum Gasteiger partial charge on any atom is 0.228 e. The number of ether oxygens (including phenoxy) is 1. The van der Waals surface area contributed by atoms with Crippen LogP contribution in [0.4, 0.5) is 0 Å². The summed E-state index contributed by atoms with van der Waals surface area (Å²) in [7, 11) is 0. The monoisotopic (exact) mass is 329 g/mol. The molecule has 0 unspecified atom stereocenters. The van der Waals surface area contributed by atoms with Crippen LogP contribution < -0.4 is 0 Å². The van der Waals surface area contributed by atoms with Gasteiger partial charge < -0.3 is 14.7 Å². The molecule has 1 aromatic carbocycles. The maximum atomic E-state index is 12.8. The SMILES string of the molecule is O=C(Cc1ccn[nH]1)N(Cc1ccccc1)CC1(O)CCOCC1. The highest BCUT2D eigenvalue weighted by atomic mass is 16.5. The molecule has 6 heteroatoms. The smallest absolute Gasteiger partial charge is 0.228 e. The van der Waals surface area contributed by atoms with Gasteiger partial charge in [-0.05, 0) is 11.6 Å². The predicted molar refractivity (Wildman–Crippen MR) is 89.2 cm³/mol. The molecular weight excluding hydrogens is 306 g/mol. The van der Waals surface area contributed by atoms with Gasteiger partial charge in [0.15, 0.2) is 0 Å². The summed E-state index contributed by atoms with van der Waals surface area (Å²) >= 11 is 0. The normalized spacial score (nSPS) is 16.7. The summed E-state index contributed by atoms with van der Waals surface area (Å²) in [6.07, 6.45) is 2.99. The first-order chi connectivity index (χ1) is 11.6. The number of H-pyrrole nitrogens is 1. The Labute approximate surface area is 141 Å². The fourth-order valence-corrected chi connectivity index (χ4v) is 2.96. The Bertz CT molecular complexity index is 637. The van der Waals surface area contributed by atoms with E-state index >= 15 is 0 Å². The van der Waals surface area contributed by atoms with Gasteiger partial charge >= 0.3 is 0 Å². The van der Waals surface area contributed by atoms with Gasteiger partial charge in [0.25, 0.3) is 0 Å². The fourth-order valence-electron chi connectivity index (χ4n) is 2.96. The highest BCUT2D eigenvalue weighted by Crippen LogP contribution is 2.23. The zero-order chi connectivity index (χ0) is 16.8. The van der Waals surface area contributed by atoms with Gasteiger partial charge in [0.2, 0.25) is 5.91 Å². The third-order valence-electron chi connectivity index (χ3n) is 4.38. The molecule has 128 valence electrons. The number of carbonyl (C=O) groups excluding carboxylic acids is 1. The second kappa shape index (κ2) is 7.59. The molecule has 1 aliphatic rings. The number of benzene rings is 1. The van der Waals surface area contributed by atoms with E-state index in [0.29, 0.717) is 39.1 Å². The first kappa shape index (κ1) is 16.7. The molecule has 0 radical (unpaired) electrons. The van der Waals surface area contributed by atoms with E-state index in [1.807, 2.05) is 30.3 Å². The molecule has 1 amide bonds. The number of nitrogens with one attached hydrogen (secondary N) is 1. The van der Waals surface area contributed by atoms with Crippen molar-refractivity contribution in [3.05, 3.63) is 53.9 Å². The summed E-state index contributed by atoms with van der Waals surface area (Å²) in [5.74, 6) is -0.0250. The number of hydrogen-bond donors (Lipinski definition) is 2. The molecular formula is C18H23N3O3. The van der Waals surface area contributed by atoms with Gasteiger partial charge in [0.1, 0.15) is 0 Å². The van der Waals surface area contributed by atoms with Crippen LogP contribution in [0, 0.1) is 0 Å². The Balaban J connectivity index is 1.73. The minimum Gasteiger partial charge on any atom is -0.388 e. The van der Waals surface area contributed by atoms with Crippen LogP contribution in [0.15, 0.2) is 42.6 Å². The maximum absolute atomic E-state index is 12.8. The van der Waals surface area contributed by atoms with Gasteiger partial charge in [-0.3, -0.25) is 9.89 Å². The van der Waals surface area contributed by atoms with E-state index in [4.69, 9.17) is 4.74 Å². The van der Waals surface area contributed by atoms with Gasteiger partial charge in [-0.2, -0.15) is 5.10 Å². The Hall–Kier alpha value is -2.18. The summed E-state index contributed by atoms with van der Waals surface area (Å²) in [6, 6.07) is 11.6. The molecule has 2 aromatic rings. The van der Waals surface area contributed by atoms with E-state index in [1.54, 1.807) is 17.2 Å². The minimum absolute atomic E-state index is 0.0250. The third-order valence-corrected chi connectivity index (χ3v) is 4.38. The van der Waals surface area contributed by atoms with Gasteiger partial charge in [0.05, 0.1) is 12.0 Å². The molecule has 2 heterocycles. The number of aromatic nitrogens is 2. The average Bonchev–Trinajstić information content (AvgIpc) is 3.08. The Morgan fingerprint density at radius 3 is 2.67 bits per heavy atom. The Morgan fingerprint density at radius 2 is 2.00 bits per heavy atom. The number of hydrogen-bond acceptors (Lipinski definition) is 4. The molecule has 2 N–H and O–H groups in total. The number of amides is 1. The molecule has 3 rings (SSSR count). The van der Waals surface area contributed by atoms with Crippen LogP contribution in [0.5, 0.6) is 0 Å². The lowest BCUT2D eigenvalue weighted by molar-refractivity contribution is -0.139. The Morgan fingerprint density at radius 1 is 1.25 bits per heavy atom. The van der Waals surface area contributed by atoms with Crippen LogP contribution in [-0.4, -0.2) is 51.5 Å². The summed E-state index contributed by atoms with van der Waals surface area (Å²) in [4.78, 5) is 14.5. The molecule has 1 fully saturated rings. The van der Waals surface area contributed by atoms with Crippen molar-refractivity contribution in [3.63, 3.8) is 0 Å². The van der Waals surface area contributed by atoms with Gasteiger partial charge in [0, 0.05) is 51.0 Å². The van der Waals surface area contributed by atoms with Crippen LogP contribution in [0.2, 0.25) is 0 Å². The Kier molecular flexibility index (Phi) is 5.27. The molecule has 0 bridgehead atoms. The number of carbonyl (C=O) groups is 1. The van der Waals surface area contributed by atoms with Crippen molar-refractivity contribution in [2.75, 3.05) is 19.8 Å². The first-order valence-corrected chi connectivity index (χ1v) is 8.25. The lowest BCUT2D eigenvalue weighted by Gasteiger charge is -2.37. The van der Waals surface area contributed by atoms with Crippen molar-refractivity contribution >= 4 is 5.91 Å². The molecule has 0 atom stereocenters. The number of aliphatic hydroxyl groups is 1. The van der Waals surface area contributed by atoms with Crippen molar-refractivity contribution in [1.82, 2.24) is 15.1 Å². The lowest BCUT2D eigenvalue weighted by atomic mass is 9.93. The van der Waals surface area contributed by atoms with Crippen LogP contribution in [0.25, 0.3) is 0 Å². The standard InChI is InChI=1S/C18H23N3O3/c22-17(12-16-6-9-19-20-16)21(13-15-4-2-1-3-5-15)14-18(23)7-10-24-11-8-18/h1-6,9,23H,7-8,10-14H2,(H,19,20). The van der Waals surface area contributed by atoms with Crippen LogP contribution in [0.3, 0.4) is 0 Å². The largest absolute Gasteiger partial charge is 0.388 e. The van der Waals surface area contributed by atoms with E-state index in [-0.39, 0.29) is 12.3 Å².